The van der Waals surface area contributed by atoms with Gasteiger partial charge in [-0.15, -0.1) is 0 Å². The fraction of sp³-hybridized carbons (Fsp3) is 0.263. The van der Waals surface area contributed by atoms with Crippen LogP contribution in [0.1, 0.15) is 40.4 Å². The van der Waals surface area contributed by atoms with Gasteiger partial charge in [0.2, 0.25) is 0 Å². The van der Waals surface area contributed by atoms with E-state index in [0.717, 1.165) is 0 Å². The summed E-state index contributed by atoms with van der Waals surface area (Å²) in [5.74, 6) is -1.07. The van der Waals surface area contributed by atoms with E-state index in [1.807, 2.05) is 6.07 Å². The number of hydrogen-bond donors (Lipinski definition) is 2. The fourth-order valence-corrected chi connectivity index (χ4v) is 2.74. The van der Waals surface area contributed by atoms with Gasteiger partial charge < -0.3 is 19.7 Å². The molecule has 0 aliphatic heterocycles. The molecule has 140 valence electrons. The SMILES string of the molecule is Cc1nc2c(nc1NC(=O)c1ccccc1)c(OC(C)C)c(C(=O)O)n2C. The maximum Gasteiger partial charge on any atom is 0.356 e. The van der Waals surface area contributed by atoms with E-state index >= 15 is 0 Å². The number of anilines is 1. The summed E-state index contributed by atoms with van der Waals surface area (Å²) in [6.07, 6.45) is -0.251. The van der Waals surface area contributed by atoms with Gasteiger partial charge >= 0.3 is 5.97 Å². The molecule has 0 aliphatic carbocycles. The topological polar surface area (TPSA) is 106 Å². The third-order valence-corrected chi connectivity index (χ3v) is 3.96. The number of benzene rings is 1. The van der Waals surface area contributed by atoms with Crippen LogP contribution in [0.5, 0.6) is 5.75 Å². The lowest BCUT2D eigenvalue weighted by Crippen LogP contribution is -2.14. The highest BCUT2D eigenvalue weighted by atomic mass is 16.5. The van der Waals surface area contributed by atoms with Gasteiger partial charge in [0, 0.05) is 12.6 Å². The highest BCUT2D eigenvalue weighted by Gasteiger charge is 2.26. The standard InChI is InChI=1S/C19H20N4O4/c1-10(2)27-15-13-17(23(4)14(15)19(25)26)20-11(3)16(21-13)22-18(24)12-8-6-5-7-9-12/h5-10H,1-4H3,(H,25,26)(H,21,22,24). The highest BCUT2D eigenvalue weighted by Crippen LogP contribution is 2.32. The lowest BCUT2D eigenvalue weighted by atomic mass is 10.2. The minimum Gasteiger partial charge on any atom is -0.486 e. The molecular formula is C19H20N4O4. The van der Waals surface area contributed by atoms with Crippen LogP contribution in [-0.2, 0) is 7.05 Å². The number of fused-ring (bicyclic) bond motifs is 1. The van der Waals surface area contributed by atoms with Crippen molar-refractivity contribution in [3.05, 3.63) is 47.3 Å². The molecule has 0 saturated carbocycles. The maximum atomic E-state index is 12.4. The first-order valence-corrected chi connectivity index (χ1v) is 8.43. The van der Waals surface area contributed by atoms with Crippen molar-refractivity contribution >= 4 is 28.9 Å². The number of nitrogens with one attached hydrogen (secondary N) is 1. The number of nitrogens with zero attached hydrogens (tertiary/aromatic N) is 3. The van der Waals surface area contributed by atoms with Crippen LogP contribution in [-0.4, -0.2) is 37.6 Å². The van der Waals surface area contributed by atoms with E-state index in [1.54, 1.807) is 52.1 Å². The Bertz CT molecular complexity index is 1030. The molecule has 27 heavy (non-hydrogen) atoms. The zero-order valence-corrected chi connectivity index (χ0v) is 15.5. The van der Waals surface area contributed by atoms with Crippen LogP contribution in [0.15, 0.2) is 30.3 Å². The van der Waals surface area contributed by atoms with Crippen molar-refractivity contribution in [1.82, 2.24) is 14.5 Å². The molecule has 1 amide bonds. The number of carbonyl (C=O) groups is 2. The Hall–Kier alpha value is -3.42. The molecule has 2 heterocycles. The van der Waals surface area contributed by atoms with Gasteiger partial charge in [0.25, 0.3) is 5.91 Å². The first-order valence-electron chi connectivity index (χ1n) is 8.43. The second-order valence-electron chi connectivity index (χ2n) is 6.36. The summed E-state index contributed by atoms with van der Waals surface area (Å²) in [5, 5.41) is 12.3. The van der Waals surface area contributed by atoms with Gasteiger partial charge in [-0.25, -0.2) is 14.8 Å². The lowest BCUT2D eigenvalue weighted by Gasteiger charge is -2.10. The summed E-state index contributed by atoms with van der Waals surface area (Å²) in [5.41, 5.74) is 1.58. The van der Waals surface area contributed by atoms with E-state index < -0.39 is 5.97 Å². The van der Waals surface area contributed by atoms with Crippen LogP contribution in [0.25, 0.3) is 11.2 Å². The van der Waals surface area contributed by atoms with Gasteiger partial charge in [0.1, 0.15) is 0 Å². The molecule has 0 saturated heterocycles. The summed E-state index contributed by atoms with van der Waals surface area (Å²) in [7, 11) is 1.59. The molecule has 8 nitrogen and oxygen atoms in total. The van der Waals surface area contributed by atoms with Crippen molar-refractivity contribution in [2.75, 3.05) is 5.32 Å². The quantitative estimate of drug-likeness (QED) is 0.717. The number of rotatable bonds is 5. The summed E-state index contributed by atoms with van der Waals surface area (Å²) >= 11 is 0. The van der Waals surface area contributed by atoms with Crippen LogP contribution in [0.4, 0.5) is 5.82 Å². The zero-order valence-electron chi connectivity index (χ0n) is 15.5. The van der Waals surface area contributed by atoms with Gasteiger partial charge in [-0.2, -0.15) is 0 Å². The molecule has 0 aliphatic rings. The second kappa shape index (κ2) is 7.06. The number of aryl methyl sites for hydroxylation is 2. The average Bonchev–Trinajstić information content (AvgIpc) is 2.87. The van der Waals surface area contributed by atoms with Crippen molar-refractivity contribution in [1.29, 1.82) is 0 Å². The Morgan fingerprint density at radius 2 is 1.85 bits per heavy atom. The largest absolute Gasteiger partial charge is 0.486 e. The van der Waals surface area contributed by atoms with E-state index in [-0.39, 0.29) is 34.8 Å². The smallest absolute Gasteiger partial charge is 0.356 e. The Balaban J connectivity index is 2.12. The van der Waals surface area contributed by atoms with Crippen LogP contribution in [0.3, 0.4) is 0 Å². The number of carboxylic acid groups (broad SMARTS) is 1. The van der Waals surface area contributed by atoms with Gasteiger partial charge in [0.15, 0.2) is 28.4 Å². The van der Waals surface area contributed by atoms with Gasteiger partial charge in [-0.3, -0.25) is 4.79 Å². The van der Waals surface area contributed by atoms with E-state index in [1.165, 1.54) is 4.57 Å². The minimum atomic E-state index is -1.14. The number of aromatic carboxylic acids is 1. The van der Waals surface area contributed by atoms with Crippen molar-refractivity contribution in [3.8, 4) is 5.75 Å². The number of carboxylic acids is 1. The van der Waals surface area contributed by atoms with Crippen molar-refractivity contribution in [2.45, 2.75) is 26.9 Å². The molecule has 3 aromatic rings. The summed E-state index contributed by atoms with van der Waals surface area (Å²) < 4.78 is 7.14. The van der Waals surface area contributed by atoms with Crippen molar-refractivity contribution < 1.29 is 19.4 Å². The van der Waals surface area contributed by atoms with E-state index in [9.17, 15) is 14.7 Å². The Morgan fingerprint density at radius 3 is 2.44 bits per heavy atom. The molecule has 2 N–H and O–H groups in total. The molecule has 3 rings (SSSR count). The summed E-state index contributed by atoms with van der Waals surface area (Å²) in [4.78, 5) is 33.0. The molecule has 0 radical (unpaired) electrons. The summed E-state index contributed by atoms with van der Waals surface area (Å²) in [6, 6.07) is 8.73. The predicted octanol–water partition coefficient (Wildman–Crippen LogP) is 3.01. The molecule has 0 unspecified atom stereocenters. The van der Waals surface area contributed by atoms with E-state index in [2.05, 4.69) is 15.3 Å². The predicted molar refractivity (Wildman–Crippen MR) is 100 cm³/mol. The zero-order chi connectivity index (χ0) is 19.7. The Kier molecular flexibility index (Phi) is 4.81. The molecular weight excluding hydrogens is 348 g/mol. The number of amides is 1. The van der Waals surface area contributed by atoms with Crippen LogP contribution < -0.4 is 10.1 Å². The number of carbonyl (C=O) groups excluding carboxylic acids is 1. The fourth-order valence-electron chi connectivity index (χ4n) is 2.74. The Morgan fingerprint density at radius 1 is 1.19 bits per heavy atom. The van der Waals surface area contributed by atoms with Crippen LogP contribution in [0, 0.1) is 6.92 Å². The monoisotopic (exact) mass is 368 g/mol. The maximum absolute atomic E-state index is 12.4. The first-order chi connectivity index (χ1) is 12.8. The number of hydrogen-bond acceptors (Lipinski definition) is 5. The minimum absolute atomic E-state index is 0.0374. The molecule has 0 spiro atoms. The molecule has 2 aromatic heterocycles. The average molecular weight is 368 g/mol. The molecule has 0 atom stereocenters. The van der Waals surface area contributed by atoms with Crippen molar-refractivity contribution in [3.63, 3.8) is 0 Å². The molecule has 0 fully saturated rings. The third-order valence-electron chi connectivity index (χ3n) is 3.96. The summed E-state index contributed by atoms with van der Waals surface area (Å²) in [6.45, 7) is 5.29. The van der Waals surface area contributed by atoms with Gasteiger partial charge in [-0.05, 0) is 32.9 Å². The molecule has 0 bridgehead atoms. The van der Waals surface area contributed by atoms with Crippen LogP contribution >= 0.6 is 0 Å². The highest BCUT2D eigenvalue weighted by molar-refractivity contribution is 6.05. The third kappa shape index (κ3) is 3.46. The lowest BCUT2D eigenvalue weighted by molar-refractivity contribution is 0.0680. The van der Waals surface area contributed by atoms with Gasteiger partial charge in [0.05, 0.1) is 11.8 Å². The first kappa shape index (κ1) is 18.4. The second-order valence-corrected chi connectivity index (χ2v) is 6.36. The number of ether oxygens (including phenoxy) is 1. The Labute approximate surface area is 155 Å². The number of aromatic nitrogens is 3. The normalized spacial score (nSPS) is 11.0. The van der Waals surface area contributed by atoms with E-state index in [0.29, 0.717) is 16.9 Å². The molecule has 8 heteroatoms. The van der Waals surface area contributed by atoms with Crippen molar-refractivity contribution in [2.24, 2.45) is 7.05 Å². The molecule has 1 aromatic carbocycles. The van der Waals surface area contributed by atoms with E-state index in [4.69, 9.17) is 4.74 Å². The van der Waals surface area contributed by atoms with Gasteiger partial charge in [-0.1, -0.05) is 18.2 Å². The van der Waals surface area contributed by atoms with Crippen LogP contribution in [0.2, 0.25) is 0 Å².